The average Bonchev–Trinajstić information content (AvgIpc) is 2.66. The number of aromatic nitrogens is 2. The number of nitrogens with zero attached hydrogens (tertiary/aromatic N) is 3. The molecule has 1 aliphatic rings. The minimum Gasteiger partial charge on any atom is -0.497 e. The van der Waals surface area contributed by atoms with E-state index in [0.29, 0.717) is 23.4 Å². The zero-order valence-electron chi connectivity index (χ0n) is 14.2. The van der Waals surface area contributed by atoms with Gasteiger partial charge in [0.05, 0.1) is 32.7 Å². The standard InChI is InChI=1S/C16H17N4O5S/c1-24-11-3-4-14(13(7-11)25-2)26(22,23)20-6-5-10-8-18-16(15(17)21)19-12(10)9-20/h3-4,7H,5-6,9H2,1-2H3,(H2,17,21). The van der Waals surface area contributed by atoms with Gasteiger partial charge in [0.1, 0.15) is 16.4 Å². The Morgan fingerprint density at radius 2 is 2.08 bits per heavy atom. The summed E-state index contributed by atoms with van der Waals surface area (Å²) < 4.78 is 37.7. The summed E-state index contributed by atoms with van der Waals surface area (Å²) >= 11 is 0. The van der Waals surface area contributed by atoms with E-state index in [1.54, 1.807) is 6.07 Å². The van der Waals surface area contributed by atoms with E-state index in [1.807, 2.05) is 0 Å². The molecule has 2 heterocycles. The molecule has 9 nitrogen and oxygen atoms in total. The van der Waals surface area contributed by atoms with Crippen LogP contribution in [0.1, 0.15) is 21.9 Å². The molecular weight excluding hydrogens is 360 g/mol. The second-order valence-corrected chi connectivity index (χ2v) is 7.46. The van der Waals surface area contributed by atoms with Gasteiger partial charge < -0.3 is 15.2 Å². The number of sulfonamides is 1. The number of amides is 1. The van der Waals surface area contributed by atoms with E-state index < -0.39 is 15.9 Å². The Hall–Kier alpha value is -2.72. The Bertz CT molecular complexity index is 961. The molecule has 1 aromatic carbocycles. The van der Waals surface area contributed by atoms with E-state index in [1.165, 1.54) is 30.7 Å². The number of carbonyl (C=O) groups is 1. The fourth-order valence-electron chi connectivity index (χ4n) is 2.66. The first-order chi connectivity index (χ1) is 12.4. The first-order valence-electron chi connectivity index (χ1n) is 7.66. The molecule has 0 spiro atoms. The summed E-state index contributed by atoms with van der Waals surface area (Å²) in [5.41, 5.74) is 6.26. The normalized spacial score (nSPS) is 14.5. The largest absolute Gasteiger partial charge is 0.497 e. The van der Waals surface area contributed by atoms with Crippen LogP contribution in [0.15, 0.2) is 23.1 Å². The van der Waals surface area contributed by atoms with Gasteiger partial charge in [-0.3, -0.25) is 4.79 Å². The Morgan fingerprint density at radius 1 is 1.31 bits per heavy atom. The molecule has 0 unspecified atom stereocenters. The van der Waals surface area contributed by atoms with E-state index in [0.717, 1.165) is 0 Å². The second-order valence-electron chi connectivity index (χ2n) is 5.55. The predicted molar refractivity (Wildman–Crippen MR) is 90.2 cm³/mol. The highest BCUT2D eigenvalue weighted by atomic mass is 32.2. The molecule has 2 N–H and O–H groups in total. The lowest BCUT2D eigenvalue weighted by atomic mass is 10.1. The van der Waals surface area contributed by atoms with Crippen LogP contribution >= 0.6 is 0 Å². The highest BCUT2D eigenvalue weighted by Crippen LogP contribution is 2.32. The Morgan fingerprint density at radius 3 is 2.73 bits per heavy atom. The summed E-state index contributed by atoms with van der Waals surface area (Å²) in [5.74, 6) is -0.314. The van der Waals surface area contributed by atoms with Gasteiger partial charge in [0, 0.05) is 18.2 Å². The van der Waals surface area contributed by atoms with Crippen molar-refractivity contribution in [3.05, 3.63) is 41.5 Å². The molecule has 137 valence electrons. The molecule has 1 amide bonds. The maximum Gasteiger partial charge on any atom is 0.286 e. The summed E-state index contributed by atoms with van der Waals surface area (Å²) in [4.78, 5) is 19.1. The van der Waals surface area contributed by atoms with Crippen molar-refractivity contribution in [3.8, 4) is 11.5 Å². The molecule has 1 aromatic heterocycles. The number of fused-ring (bicyclic) bond motifs is 1. The molecule has 2 aromatic rings. The van der Waals surface area contributed by atoms with Crippen molar-refractivity contribution in [1.29, 1.82) is 0 Å². The zero-order valence-corrected chi connectivity index (χ0v) is 15.0. The first kappa shape index (κ1) is 18.1. The van der Waals surface area contributed by atoms with Gasteiger partial charge in [0.15, 0.2) is 0 Å². The average molecular weight is 377 g/mol. The maximum atomic E-state index is 13.1. The highest BCUT2D eigenvalue weighted by Gasteiger charge is 2.32. The molecule has 1 radical (unpaired) electrons. The lowest BCUT2D eigenvalue weighted by Gasteiger charge is -2.27. The molecule has 0 atom stereocenters. The minimum absolute atomic E-state index is 0.00779. The van der Waals surface area contributed by atoms with Gasteiger partial charge in [-0.15, -0.1) is 0 Å². The number of hydrogen-bond acceptors (Lipinski definition) is 7. The monoisotopic (exact) mass is 377 g/mol. The molecule has 0 bridgehead atoms. The zero-order chi connectivity index (χ0) is 18.9. The smallest absolute Gasteiger partial charge is 0.286 e. The summed E-state index contributed by atoms with van der Waals surface area (Å²) in [6, 6.07) is 4.49. The van der Waals surface area contributed by atoms with Crippen LogP contribution in [0, 0.1) is 6.20 Å². The van der Waals surface area contributed by atoms with Crippen molar-refractivity contribution in [2.75, 3.05) is 20.8 Å². The van der Waals surface area contributed by atoms with Crippen molar-refractivity contribution in [1.82, 2.24) is 14.3 Å². The van der Waals surface area contributed by atoms with E-state index in [9.17, 15) is 13.2 Å². The summed E-state index contributed by atoms with van der Waals surface area (Å²) in [6.07, 6.45) is 3.09. The van der Waals surface area contributed by atoms with Gasteiger partial charge in [-0.05, 0) is 18.6 Å². The number of primary amides is 1. The second kappa shape index (κ2) is 6.89. The van der Waals surface area contributed by atoms with Crippen LogP contribution in [0.5, 0.6) is 11.5 Å². The molecule has 0 aliphatic carbocycles. The fraction of sp³-hybridized carbons (Fsp3) is 0.312. The van der Waals surface area contributed by atoms with Crippen LogP contribution in [0.3, 0.4) is 0 Å². The number of nitrogens with two attached hydrogens (primary N) is 1. The van der Waals surface area contributed by atoms with Crippen LogP contribution in [-0.2, 0) is 23.0 Å². The molecule has 0 saturated heterocycles. The van der Waals surface area contributed by atoms with E-state index in [-0.39, 0.29) is 29.6 Å². The molecule has 3 rings (SSSR count). The fourth-order valence-corrected chi connectivity index (χ4v) is 4.20. The Labute approximate surface area is 150 Å². The van der Waals surface area contributed by atoms with Crippen molar-refractivity contribution in [2.45, 2.75) is 17.9 Å². The third-order valence-corrected chi connectivity index (χ3v) is 5.92. The topological polar surface area (TPSA) is 125 Å². The molecule has 26 heavy (non-hydrogen) atoms. The van der Waals surface area contributed by atoms with E-state index >= 15 is 0 Å². The first-order valence-corrected chi connectivity index (χ1v) is 9.10. The molecule has 0 saturated carbocycles. The summed E-state index contributed by atoms with van der Waals surface area (Å²) in [5, 5.41) is 0. The SMILES string of the molecule is COc1ccc(S(=O)(=O)N2CCc3[c]nc(C(N)=O)nc3C2)c(OC)c1. The number of ether oxygens (including phenoxy) is 2. The van der Waals surface area contributed by atoms with Crippen LogP contribution < -0.4 is 15.2 Å². The van der Waals surface area contributed by atoms with E-state index in [4.69, 9.17) is 15.2 Å². The van der Waals surface area contributed by atoms with Gasteiger partial charge in [-0.1, -0.05) is 0 Å². The number of carbonyl (C=O) groups excluding carboxylic acids is 1. The number of rotatable bonds is 5. The van der Waals surface area contributed by atoms with Crippen LogP contribution in [0.25, 0.3) is 0 Å². The van der Waals surface area contributed by atoms with Crippen molar-refractivity contribution >= 4 is 15.9 Å². The highest BCUT2D eigenvalue weighted by molar-refractivity contribution is 7.89. The van der Waals surface area contributed by atoms with Crippen molar-refractivity contribution in [2.24, 2.45) is 5.73 Å². The number of benzene rings is 1. The van der Waals surface area contributed by atoms with Crippen LogP contribution in [-0.4, -0.2) is 49.4 Å². The maximum absolute atomic E-state index is 13.1. The van der Waals surface area contributed by atoms with Crippen LogP contribution in [0.4, 0.5) is 0 Å². The molecule has 1 aliphatic heterocycles. The van der Waals surface area contributed by atoms with Gasteiger partial charge in [0.25, 0.3) is 5.91 Å². The van der Waals surface area contributed by atoms with Crippen LogP contribution in [0.2, 0.25) is 0 Å². The Balaban J connectivity index is 1.97. The van der Waals surface area contributed by atoms with Gasteiger partial charge in [-0.25, -0.2) is 18.4 Å². The third kappa shape index (κ3) is 3.20. The quantitative estimate of drug-likeness (QED) is 0.786. The van der Waals surface area contributed by atoms with Crippen molar-refractivity contribution in [3.63, 3.8) is 0 Å². The van der Waals surface area contributed by atoms with Gasteiger partial charge in [0.2, 0.25) is 15.8 Å². The Kier molecular flexibility index (Phi) is 4.79. The number of methoxy groups -OCH3 is 2. The van der Waals surface area contributed by atoms with Gasteiger partial charge in [-0.2, -0.15) is 4.31 Å². The molecular formula is C16H17N4O5S. The van der Waals surface area contributed by atoms with Crippen molar-refractivity contribution < 1.29 is 22.7 Å². The minimum atomic E-state index is -3.84. The summed E-state index contributed by atoms with van der Waals surface area (Å²) in [6.45, 7) is 0.229. The van der Waals surface area contributed by atoms with E-state index in [2.05, 4.69) is 16.2 Å². The molecule has 0 fully saturated rings. The lowest BCUT2D eigenvalue weighted by Crippen LogP contribution is -2.37. The summed E-state index contributed by atoms with van der Waals surface area (Å²) in [7, 11) is -0.971. The third-order valence-electron chi connectivity index (χ3n) is 4.03. The lowest BCUT2D eigenvalue weighted by molar-refractivity contribution is 0.0989. The van der Waals surface area contributed by atoms with Gasteiger partial charge >= 0.3 is 0 Å². The number of hydrogen-bond donors (Lipinski definition) is 1. The molecule has 10 heteroatoms. The predicted octanol–water partition coefficient (Wildman–Crippen LogP) is 0.140.